The molecule has 2 rings (SSSR count). The molecule has 1 aromatic heterocycles. The highest BCUT2D eigenvalue weighted by molar-refractivity contribution is 7.96. The van der Waals surface area contributed by atoms with E-state index in [0.717, 1.165) is 12.4 Å². The van der Waals surface area contributed by atoms with E-state index < -0.39 is 0 Å². The van der Waals surface area contributed by atoms with Crippen LogP contribution in [-0.2, 0) is 4.18 Å². The minimum absolute atomic E-state index is 0.407. The number of hydrogen-bond acceptors (Lipinski definition) is 4. The summed E-state index contributed by atoms with van der Waals surface area (Å²) in [6, 6.07) is 6.28. The van der Waals surface area contributed by atoms with Gasteiger partial charge in [-0.15, -0.1) is 0 Å². The Morgan fingerprint density at radius 3 is 3.17 bits per heavy atom. The Morgan fingerprint density at radius 1 is 1.67 bits per heavy atom. The van der Waals surface area contributed by atoms with Crippen LogP contribution in [0.1, 0.15) is 6.92 Å². The quantitative estimate of drug-likeness (QED) is 0.489. The highest BCUT2D eigenvalue weighted by Crippen LogP contribution is 2.29. The molecule has 1 aliphatic heterocycles. The lowest BCUT2D eigenvalue weighted by molar-refractivity contribution is 0.384. The zero-order valence-corrected chi connectivity index (χ0v) is 7.62. The molecule has 2 heterocycles. The summed E-state index contributed by atoms with van der Waals surface area (Å²) in [5.41, 5.74) is 0. The number of pyridine rings is 1. The molecular weight excluding hydrogens is 172 g/mol. The Kier molecular flexibility index (Phi) is 2.19. The molecule has 1 aromatic rings. The van der Waals surface area contributed by atoms with Crippen molar-refractivity contribution in [3.8, 4) is 0 Å². The predicted octanol–water partition coefficient (Wildman–Crippen LogP) is 1.87. The highest BCUT2D eigenvalue weighted by atomic mass is 32.2. The third-order valence-corrected chi connectivity index (χ3v) is 2.67. The maximum Gasteiger partial charge on any atom is 0.140 e. The van der Waals surface area contributed by atoms with E-state index in [4.69, 9.17) is 4.18 Å². The molecule has 12 heavy (non-hydrogen) atoms. The van der Waals surface area contributed by atoms with E-state index in [9.17, 15) is 0 Å². The lowest BCUT2D eigenvalue weighted by atomic mass is 10.3. The van der Waals surface area contributed by atoms with E-state index in [0.29, 0.717) is 6.04 Å². The van der Waals surface area contributed by atoms with Crippen molar-refractivity contribution in [2.45, 2.75) is 13.0 Å². The Balaban J connectivity index is 2.19. The molecule has 0 aliphatic carbocycles. The monoisotopic (exact) mass is 182 g/mol. The van der Waals surface area contributed by atoms with Crippen LogP contribution in [-0.4, -0.2) is 17.6 Å². The highest BCUT2D eigenvalue weighted by Gasteiger charge is 2.23. The number of anilines is 1. The van der Waals surface area contributed by atoms with Crippen LogP contribution in [0.25, 0.3) is 0 Å². The van der Waals surface area contributed by atoms with Crippen LogP contribution < -0.4 is 4.31 Å². The van der Waals surface area contributed by atoms with Gasteiger partial charge in [0.05, 0.1) is 12.6 Å². The van der Waals surface area contributed by atoms with E-state index in [1.165, 1.54) is 12.2 Å². The largest absolute Gasteiger partial charge is 0.294 e. The number of hydrogen-bond donors (Lipinski definition) is 0. The third kappa shape index (κ3) is 1.40. The molecule has 0 bridgehead atoms. The Labute approximate surface area is 76.1 Å². The number of rotatable bonds is 1. The van der Waals surface area contributed by atoms with Crippen molar-refractivity contribution in [3.05, 3.63) is 24.4 Å². The van der Waals surface area contributed by atoms with Crippen LogP contribution in [0.4, 0.5) is 5.82 Å². The van der Waals surface area contributed by atoms with Crippen LogP contribution in [0.2, 0.25) is 0 Å². The summed E-state index contributed by atoms with van der Waals surface area (Å²) in [7, 11) is 0. The summed E-state index contributed by atoms with van der Waals surface area (Å²) in [5.74, 6) is 0.965. The molecule has 3 nitrogen and oxygen atoms in total. The predicted molar refractivity (Wildman–Crippen MR) is 49.7 cm³/mol. The second kappa shape index (κ2) is 3.33. The molecule has 1 fully saturated rings. The molecule has 0 saturated carbocycles. The smallest absolute Gasteiger partial charge is 0.140 e. The summed E-state index contributed by atoms with van der Waals surface area (Å²) < 4.78 is 7.30. The molecule has 4 heteroatoms. The fourth-order valence-electron chi connectivity index (χ4n) is 1.07. The van der Waals surface area contributed by atoms with Gasteiger partial charge in [0.1, 0.15) is 18.0 Å². The molecular formula is C8H10N2OS. The van der Waals surface area contributed by atoms with Crippen molar-refractivity contribution in [2.24, 2.45) is 0 Å². The van der Waals surface area contributed by atoms with Gasteiger partial charge in [-0.3, -0.25) is 8.49 Å². The zero-order valence-electron chi connectivity index (χ0n) is 6.80. The minimum Gasteiger partial charge on any atom is -0.294 e. The first-order chi connectivity index (χ1) is 5.88. The SMILES string of the molecule is CC1COSN1c1ccccn1. The molecule has 1 unspecified atom stereocenters. The van der Waals surface area contributed by atoms with E-state index >= 15 is 0 Å². The molecule has 1 saturated heterocycles. The van der Waals surface area contributed by atoms with Gasteiger partial charge in [-0.25, -0.2) is 4.98 Å². The molecule has 64 valence electrons. The van der Waals surface area contributed by atoms with E-state index in [-0.39, 0.29) is 0 Å². The van der Waals surface area contributed by atoms with Gasteiger partial charge in [0, 0.05) is 6.20 Å². The third-order valence-electron chi connectivity index (χ3n) is 1.72. The Bertz CT molecular complexity index is 254. The first-order valence-electron chi connectivity index (χ1n) is 3.88. The maximum absolute atomic E-state index is 5.23. The van der Waals surface area contributed by atoms with Gasteiger partial charge in [-0.05, 0) is 19.1 Å². The zero-order chi connectivity index (χ0) is 8.39. The number of nitrogens with zero attached hydrogens (tertiary/aromatic N) is 2. The first kappa shape index (κ1) is 7.89. The van der Waals surface area contributed by atoms with Gasteiger partial charge in [0.15, 0.2) is 0 Å². The maximum atomic E-state index is 5.23. The molecule has 1 atom stereocenters. The second-order valence-electron chi connectivity index (χ2n) is 2.72. The molecule has 0 N–H and O–H groups in total. The molecule has 0 amide bonds. The standard InChI is InChI=1S/C8H10N2OS/c1-7-6-11-12-10(7)8-4-2-3-5-9-8/h2-5,7H,6H2,1H3. The topological polar surface area (TPSA) is 25.4 Å². The minimum atomic E-state index is 0.407. The average Bonchev–Trinajstić information content (AvgIpc) is 2.53. The van der Waals surface area contributed by atoms with Crippen molar-refractivity contribution < 1.29 is 4.18 Å². The van der Waals surface area contributed by atoms with Crippen molar-refractivity contribution in [1.29, 1.82) is 0 Å². The van der Waals surface area contributed by atoms with Gasteiger partial charge in [0.2, 0.25) is 0 Å². The molecule has 1 aliphatic rings. The summed E-state index contributed by atoms with van der Waals surface area (Å²) in [4.78, 5) is 4.24. The normalized spacial score (nSPS) is 23.1. The van der Waals surface area contributed by atoms with Crippen molar-refractivity contribution >= 4 is 18.0 Å². The summed E-state index contributed by atoms with van der Waals surface area (Å²) in [5, 5.41) is 0. The lowest BCUT2D eigenvalue weighted by Gasteiger charge is -2.16. The van der Waals surface area contributed by atoms with E-state index in [1.54, 1.807) is 6.20 Å². The second-order valence-corrected chi connectivity index (χ2v) is 3.50. The summed E-state index contributed by atoms with van der Waals surface area (Å²) in [6.45, 7) is 2.88. The van der Waals surface area contributed by atoms with Crippen LogP contribution in [0.3, 0.4) is 0 Å². The Morgan fingerprint density at radius 2 is 2.58 bits per heavy atom. The van der Waals surface area contributed by atoms with E-state index in [2.05, 4.69) is 16.2 Å². The van der Waals surface area contributed by atoms with Crippen LogP contribution in [0, 0.1) is 0 Å². The van der Waals surface area contributed by atoms with Crippen LogP contribution in [0.5, 0.6) is 0 Å². The number of aromatic nitrogens is 1. The average molecular weight is 182 g/mol. The summed E-state index contributed by atoms with van der Waals surface area (Å²) >= 11 is 1.37. The molecule has 0 radical (unpaired) electrons. The van der Waals surface area contributed by atoms with Gasteiger partial charge >= 0.3 is 0 Å². The van der Waals surface area contributed by atoms with Gasteiger partial charge in [-0.1, -0.05) is 6.07 Å². The summed E-state index contributed by atoms with van der Waals surface area (Å²) in [6.07, 6.45) is 1.79. The van der Waals surface area contributed by atoms with Crippen molar-refractivity contribution in [1.82, 2.24) is 4.98 Å². The first-order valence-corrected chi connectivity index (χ1v) is 4.57. The van der Waals surface area contributed by atoms with Gasteiger partial charge < -0.3 is 0 Å². The van der Waals surface area contributed by atoms with Gasteiger partial charge in [-0.2, -0.15) is 0 Å². The van der Waals surface area contributed by atoms with Crippen LogP contribution in [0.15, 0.2) is 24.4 Å². The van der Waals surface area contributed by atoms with Crippen molar-refractivity contribution in [2.75, 3.05) is 10.9 Å². The van der Waals surface area contributed by atoms with E-state index in [1.807, 2.05) is 18.2 Å². The Hall–Kier alpha value is -0.740. The molecule has 0 aromatic carbocycles. The van der Waals surface area contributed by atoms with Crippen molar-refractivity contribution in [3.63, 3.8) is 0 Å². The lowest BCUT2D eigenvalue weighted by Crippen LogP contribution is -2.23. The fourth-order valence-corrected chi connectivity index (χ4v) is 1.84. The fraction of sp³-hybridized carbons (Fsp3) is 0.375. The van der Waals surface area contributed by atoms with Gasteiger partial charge in [0.25, 0.3) is 0 Å². The van der Waals surface area contributed by atoms with Crippen LogP contribution >= 0.6 is 12.2 Å². The molecule has 0 spiro atoms.